The molecule has 2 rings (SSSR count). The summed E-state index contributed by atoms with van der Waals surface area (Å²) in [5.41, 5.74) is 2.90. The van der Waals surface area contributed by atoms with Gasteiger partial charge in [-0.1, -0.05) is 31.2 Å². The van der Waals surface area contributed by atoms with E-state index in [9.17, 15) is 4.79 Å². The predicted molar refractivity (Wildman–Crippen MR) is 71.3 cm³/mol. The van der Waals surface area contributed by atoms with Crippen molar-refractivity contribution in [3.8, 4) is 0 Å². The van der Waals surface area contributed by atoms with Crippen LogP contribution in [0.4, 0.5) is 0 Å². The van der Waals surface area contributed by atoms with Gasteiger partial charge in [-0.3, -0.25) is 4.79 Å². The van der Waals surface area contributed by atoms with E-state index in [-0.39, 0.29) is 11.8 Å². The van der Waals surface area contributed by atoms with Crippen molar-refractivity contribution in [1.82, 2.24) is 5.01 Å². The van der Waals surface area contributed by atoms with Gasteiger partial charge in [-0.2, -0.15) is 10.2 Å². The molecule has 94 valence electrons. The molecule has 0 saturated heterocycles. The number of nitrogens with zero attached hydrogens (tertiary/aromatic N) is 3. The van der Waals surface area contributed by atoms with Gasteiger partial charge in [0, 0.05) is 19.4 Å². The molecule has 1 aromatic carbocycles. The van der Waals surface area contributed by atoms with Crippen LogP contribution in [0.1, 0.15) is 24.5 Å². The first-order valence-corrected chi connectivity index (χ1v) is 5.80. The molecule has 0 bridgehead atoms. The standard InChI is InChI=1S/C13H16N4O/c1-9-7-12(18)17(2)16-13(9)11-5-3-10(4-6-11)8-15-14/h3-6,8-9H,7,14H2,1-2H3. The number of hydrazone groups is 2. The number of carbonyl (C=O) groups is 1. The zero-order valence-electron chi connectivity index (χ0n) is 10.5. The van der Waals surface area contributed by atoms with E-state index in [1.165, 1.54) is 5.01 Å². The van der Waals surface area contributed by atoms with Gasteiger partial charge in [-0.15, -0.1) is 0 Å². The summed E-state index contributed by atoms with van der Waals surface area (Å²) in [4.78, 5) is 11.5. The lowest BCUT2D eigenvalue weighted by atomic mass is 9.93. The summed E-state index contributed by atoms with van der Waals surface area (Å²) in [5, 5.41) is 9.22. The zero-order valence-corrected chi connectivity index (χ0v) is 10.5. The molecule has 18 heavy (non-hydrogen) atoms. The fourth-order valence-corrected chi connectivity index (χ4v) is 1.97. The maximum Gasteiger partial charge on any atom is 0.243 e. The second kappa shape index (κ2) is 5.00. The fourth-order valence-electron chi connectivity index (χ4n) is 1.97. The molecule has 1 unspecified atom stereocenters. The Hall–Kier alpha value is -2.17. The van der Waals surface area contributed by atoms with Gasteiger partial charge < -0.3 is 5.84 Å². The maximum atomic E-state index is 11.5. The summed E-state index contributed by atoms with van der Waals surface area (Å²) in [6.45, 7) is 2.01. The summed E-state index contributed by atoms with van der Waals surface area (Å²) in [7, 11) is 1.68. The number of amides is 1. The summed E-state index contributed by atoms with van der Waals surface area (Å²) in [5.74, 6) is 5.29. The molecule has 0 saturated carbocycles. The van der Waals surface area contributed by atoms with Crippen LogP contribution in [0.25, 0.3) is 0 Å². The van der Waals surface area contributed by atoms with Crippen molar-refractivity contribution in [2.75, 3.05) is 7.05 Å². The Morgan fingerprint density at radius 3 is 2.72 bits per heavy atom. The average Bonchev–Trinajstić information content (AvgIpc) is 2.35. The molecule has 1 amide bonds. The molecule has 0 spiro atoms. The lowest BCUT2D eigenvalue weighted by molar-refractivity contribution is -0.131. The number of benzene rings is 1. The van der Waals surface area contributed by atoms with Crippen LogP contribution in [0.15, 0.2) is 34.5 Å². The van der Waals surface area contributed by atoms with E-state index in [1.54, 1.807) is 13.3 Å². The molecule has 0 aromatic heterocycles. The quantitative estimate of drug-likeness (QED) is 0.482. The Morgan fingerprint density at radius 1 is 1.44 bits per heavy atom. The van der Waals surface area contributed by atoms with Crippen LogP contribution >= 0.6 is 0 Å². The van der Waals surface area contributed by atoms with E-state index in [0.29, 0.717) is 6.42 Å². The molecular weight excluding hydrogens is 228 g/mol. The lowest BCUT2D eigenvalue weighted by Crippen LogP contribution is -2.33. The van der Waals surface area contributed by atoms with Gasteiger partial charge in [0.25, 0.3) is 0 Å². The van der Waals surface area contributed by atoms with Gasteiger partial charge in [0.15, 0.2) is 0 Å². The maximum absolute atomic E-state index is 11.5. The summed E-state index contributed by atoms with van der Waals surface area (Å²) in [6.07, 6.45) is 2.09. The van der Waals surface area contributed by atoms with Crippen molar-refractivity contribution >= 4 is 17.8 Å². The molecule has 0 aliphatic carbocycles. The van der Waals surface area contributed by atoms with Crippen LogP contribution in [0, 0.1) is 5.92 Å². The SMILES string of the molecule is CC1CC(=O)N(C)N=C1c1ccc(C=NN)cc1. The molecule has 0 radical (unpaired) electrons. The highest BCUT2D eigenvalue weighted by Crippen LogP contribution is 2.19. The molecule has 1 aliphatic rings. The fraction of sp³-hybridized carbons (Fsp3) is 0.308. The van der Waals surface area contributed by atoms with E-state index < -0.39 is 0 Å². The molecule has 1 atom stereocenters. The zero-order chi connectivity index (χ0) is 13.1. The second-order valence-corrected chi connectivity index (χ2v) is 4.41. The van der Waals surface area contributed by atoms with Crippen molar-refractivity contribution in [2.24, 2.45) is 22.0 Å². The highest BCUT2D eigenvalue weighted by atomic mass is 16.2. The number of hydrogen-bond acceptors (Lipinski definition) is 4. The molecule has 1 heterocycles. The largest absolute Gasteiger partial charge is 0.323 e. The third-order valence-corrected chi connectivity index (χ3v) is 3.00. The number of rotatable bonds is 2. The van der Waals surface area contributed by atoms with Crippen LogP contribution in [0.2, 0.25) is 0 Å². The van der Waals surface area contributed by atoms with Gasteiger partial charge >= 0.3 is 0 Å². The molecule has 1 aromatic rings. The highest BCUT2D eigenvalue weighted by Gasteiger charge is 2.24. The normalized spacial score (nSPS) is 20.3. The highest BCUT2D eigenvalue weighted by molar-refractivity contribution is 6.05. The van der Waals surface area contributed by atoms with Crippen molar-refractivity contribution in [2.45, 2.75) is 13.3 Å². The minimum atomic E-state index is 0.0538. The second-order valence-electron chi connectivity index (χ2n) is 4.41. The third-order valence-electron chi connectivity index (χ3n) is 3.00. The van der Waals surface area contributed by atoms with Crippen LogP contribution in [-0.2, 0) is 4.79 Å². The van der Waals surface area contributed by atoms with Crippen molar-refractivity contribution in [3.05, 3.63) is 35.4 Å². The predicted octanol–water partition coefficient (Wildman–Crippen LogP) is 1.18. The Bertz CT molecular complexity index is 504. The van der Waals surface area contributed by atoms with E-state index in [2.05, 4.69) is 10.2 Å². The van der Waals surface area contributed by atoms with Gasteiger partial charge in [0.2, 0.25) is 5.91 Å². The first kappa shape index (κ1) is 12.3. The van der Waals surface area contributed by atoms with Crippen molar-refractivity contribution in [1.29, 1.82) is 0 Å². The molecule has 2 N–H and O–H groups in total. The topological polar surface area (TPSA) is 71.0 Å². The van der Waals surface area contributed by atoms with Crippen molar-refractivity contribution < 1.29 is 4.79 Å². The van der Waals surface area contributed by atoms with Crippen LogP contribution in [-0.4, -0.2) is 29.9 Å². The Labute approximate surface area is 106 Å². The Balaban J connectivity index is 2.30. The average molecular weight is 244 g/mol. The molecule has 1 aliphatic heterocycles. The molecule has 5 nitrogen and oxygen atoms in total. The van der Waals surface area contributed by atoms with Crippen LogP contribution in [0.5, 0.6) is 0 Å². The van der Waals surface area contributed by atoms with E-state index in [4.69, 9.17) is 5.84 Å². The smallest absolute Gasteiger partial charge is 0.243 e. The third kappa shape index (κ3) is 2.40. The summed E-state index contributed by atoms with van der Waals surface area (Å²) in [6, 6.07) is 7.79. The van der Waals surface area contributed by atoms with Gasteiger partial charge in [0.05, 0.1) is 11.9 Å². The number of carbonyl (C=O) groups excluding carboxylic acids is 1. The number of nitrogens with two attached hydrogens (primary N) is 1. The molecule has 5 heteroatoms. The minimum absolute atomic E-state index is 0.0538. The molecule has 0 fully saturated rings. The summed E-state index contributed by atoms with van der Waals surface area (Å²) < 4.78 is 0. The van der Waals surface area contributed by atoms with Crippen molar-refractivity contribution in [3.63, 3.8) is 0 Å². The van der Waals surface area contributed by atoms with Gasteiger partial charge in [-0.05, 0) is 11.1 Å². The van der Waals surface area contributed by atoms with Gasteiger partial charge in [-0.25, -0.2) is 5.01 Å². The first-order valence-electron chi connectivity index (χ1n) is 5.80. The van der Waals surface area contributed by atoms with E-state index in [1.807, 2.05) is 31.2 Å². The molecular formula is C13H16N4O. The Morgan fingerprint density at radius 2 is 2.11 bits per heavy atom. The van der Waals surface area contributed by atoms with Crippen LogP contribution in [0.3, 0.4) is 0 Å². The minimum Gasteiger partial charge on any atom is -0.323 e. The lowest BCUT2D eigenvalue weighted by Gasteiger charge is -2.24. The van der Waals surface area contributed by atoms with E-state index >= 15 is 0 Å². The van der Waals surface area contributed by atoms with E-state index in [0.717, 1.165) is 16.8 Å². The monoisotopic (exact) mass is 244 g/mol. The number of hydrogen-bond donors (Lipinski definition) is 1. The van der Waals surface area contributed by atoms with Gasteiger partial charge in [0.1, 0.15) is 0 Å². The van der Waals surface area contributed by atoms with Crippen LogP contribution < -0.4 is 5.84 Å². The summed E-state index contributed by atoms with van der Waals surface area (Å²) >= 11 is 0. The first-order chi connectivity index (χ1) is 8.61. The Kier molecular flexibility index (Phi) is 3.41.